The van der Waals surface area contributed by atoms with Crippen LogP contribution in [0.5, 0.6) is 11.5 Å². The second-order valence-electron chi connectivity index (χ2n) is 5.93. The molecule has 1 aliphatic rings. The van der Waals surface area contributed by atoms with Crippen LogP contribution < -0.4 is 19.7 Å². The number of ether oxygens (including phenoxy) is 2. The van der Waals surface area contributed by atoms with Crippen LogP contribution in [-0.2, 0) is 11.3 Å². The van der Waals surface area contributed by atoms with Crippen LogP contribution in [0.3, 0.4) is 0 Å². The zero-order chi connectivity index (χ0) is 18.4. The highest BCUT2D eigenvalue weighted by molar-refractivity contribution is 5.52. The van der Waals surface area contributed by atoms with Gasteiger partial charge in [-0.15, -0.1) is 0 Å². The molecule has 0 aliphatic carbocycles. The highest BCUT2D eigenvalue weighted by Gasteiger charge is 2.17. The summed E-state index contributed by atoms with van der Waals surface area (Å²) in [5.74, 6) is 3.02. The van der Waals surface area contributed by atoms with Gasteiger partial charge in [0.15, 0.2) is 11.5 Å². The third-order valence-corrected chi connectivity index (χ3v) is 4.36. The molecule has 2 heterocycles. The Hall–Kier alpha value is -3.03. The lowest BCUT2D eigenvalue weighted by Crippen LogP contribution is -2.46. The highest BCUT2D eigenvalue weighted by Crippen LogP contribution is 2.27. The predicted molar refractivity (Wildman–Crippen MR) is 98.8 cm³/mol. The molecule has 2 aromatic rings. The molecule has 0 spiro atoms. The van der Waals surface area contributed by atoms with E-state index in [1.54, 1.807) is 25.4 Å². The van der Waals surface area contributed by atoms with E-state index in [0.29, 0.717) is 31.1 Å². The minimum atomic E-state index is 0.607. The molecule has 1 saturated heterocycles. The number of hydrogen-bond acceptors (Lipinski definition) is 7. The van der Waals surface area contributed by atoms with Crippen molar-refractivity contribution < 1.29 is 14.3 Å². The lowest BCUT2D eigenvalue weighted by molar-refractivity contribution is -0.118. The Kier molecular flexibility index (Phi) is 5.73. The largest absolute Gasteiger partial charge is 0.493 e. The lowest BCUT2D eigenvalue weighted by atomic mass is 10.2. The first-order valence-corrected chi connectivity index (χ1v) is 8.44. The number of anilines is 2. The van der Waals surface area contributed by atoms with Gasteiger partial charge in [0, 0.05) is 38.8 Å². The fourth-order valence-electron chi connectivity index (χ4n) is 2.86. The summed E-state index contributed by atoms with van der Waals surface area (Å²) < 4.78 is 10.6. The summed E-state index contributed by atoms with van der Waals surface area (Å²) in [6.07, 6.45) is 2.45. The monoisotopic (exact) mass is 357 g/mol. The molecule has 0 saturated carbocycles. The van der Waals surface area contributed by atoms with Crippen LogP contribution >= 0.6 is 0 Å². The molecular weight excluding hydrogens is 334 g/mol. The Bertz CT molecular complexity index is 747. The van der Waals surface area contributed by atoms with Gasteiger partial charge in [-0.1, -0.05) is 6.07 Å². The van der Waals surface area contributed by atoms with Crippen molar-refractivity contribution in [2.24, 2.45) is 0 Å². The summed E-state index contributed by atoms with van der Waals surface area (Å²) in [4.78, 5) is 23.4. The zero-order valence-electron chi connectivity index (χ0n) is 15.0. The molecule has 1 aromatic heterocycles. The summed E-state index contributed by atoms with van der Waals surface area (Å²) >= 11 is 0. The van der Waals surface area contributed by atoms with Crippen molar-refractivity contribution in [2.45, 2.75) is 6.54 Å². The van der Waals surface area contributed by atoms with Gasteiger partial charge in [0.25, 0.3) is 0 Å². The number of hydrogen-bond donors (Lipinski definition) is 1. The van der Waals surface area contributed by atoms with Gasteiger partial charge in [-0.05, 0) is 17.7 Å². The third kappa shape index (κ3) is 4.14. The number of carbonyl (C=O) groups excluding carboxylic acids is 1. The Morgan fingerprint density at radius 3 is 2.54 bits per heavy atom. The fraction of sp³-hybridized carbons (Fsp3) is 0.389. The molecule has 3 rings (SSSR count). The maximum absolute atomic E-state index is 10.8. The van der Waals surface area contributed by atoms with Crippen molar-refractivity contribution in [1.82, 2.24) is 14.9 Å². The number of piperazine rings is 1. The number of aromatic nitrogens is 2. The fourth-order valence-corrected chi connectivity index (χ4v) is 2.86. The van der Waals surface area contributed by atoms with E-state index in [0.717, 1.165) is 36.7 Å². The number of nitrogens with zero attached hydrogens (tertiary/aromatic N) is 4. The average molecular weight is 357 g/mol. The normalized spacial score (nSPS) is 14.1. The quantitative estimate of drug-likeness (QED) is 0.750. The van der Waals surface area contributed by atoms with E-state index < -0.39 is 0 Å². The second-order valence-corrected chi connectivity index (χ2v) is 5.93. The van der Waals surface area contributed by atoms with E-state index in [1.165, 1.54) is 0 Å². The predicted octanol–water partition coefficient (Wildman–Crippen LogP) is 1.38. The highest BCUT2D eigenvalue weighted by atomic mass is 16.5. The molecular formula is C18H23N5O3. The summed E-state index contributed by atoms with van der Waals surface area (Å²) in [7, 11) is 3.24. The minimum Gasteiger partial charge on any atom is -0.493 e. The zero-order valence-corrected chi connectivity index (χ0v) is 15.0. The van der Waals surface area contributed by atoms with E-state index >= 15 is 0 Å². The molecule has 1 fully saturated rings. The van der Waals surface area contributed by atoms with Crippen molar-refractivity contribution in [3.05, 3.63) is 36.2 Å². The molecule has 1 aromatic carbocycles. The molecule has 1 aliphatic heterocycles. The first kappa shape index (κ1) is 17.8. The van der Waals surface area contributed by atoms with Gasteiger partial charge in [0.1, 0.15) is 18.0 Å². The van der Waals surface area contributed by atoms with Crippen LogP contribution in [0.1, 0.15) is 5.56 Å². The molecule has 8 heteroatoms. The topological polar surface area (TPSA) is 79.8 Å². The molecule has 1 N–H and O–H groups in total. The van der Waals surface area contributed by atoms with Gasteiger partial charge in [-0.2, -0.15) is 0 Å². The summed E-state index contributed by atoms with van der Waals surface area (Å²) in [5, 5.41) is 3.31. The maximum atomic E-state index is 10.8. The van der Waals surface area contributed by atoms with E-state index in [4.69, 9.17) is 9.47 Å². The third-order valence-electron chi connectivity index (χ3n) is 4.36. The van der Waals surface area contributed by atoms with E-state index in [2.05, 4.69) is 20.2 Å². The van der Waals surface area contributed by atoms with E-state index in [1.807, 2.05) is 24.3 Å². The smallest absolute Gasteiger partial charge is 0.209 e. The number of carbonyl (C=O) groups is 1. The van der Waals surface area contributed by atoms with Crippen LogP contribution in [0, 0.1) is 0 Å². The standard InChI is InChI=1S/C18H23N5O3/c1-25-15-4-3-14(9-16(15)26-2)11-19-17-10-18(21-12-20-17)23-7-5-22(13-24)6-8-23/h3-4,9-10,12-13H,5-8,11H2,1-2H3,(H,19,20,21). The van der Waals surface area contributed by atoms with Crippen LogP contribution in [-0.4, -0.2) is 61.7 Å². The number of methoxy groups -OCH3 is 2. The Balaban J connectivity index is 1.63. The molecule has 0 unspecified atom stereocenters. The summed E-state index contributed by atoms with van der Waals surface area (Å²) in [6.45, 7) is 3.56. The van der Waals surface area contributed by atoms with E-state index in [-0.39, 0.29) is 0 Å². The Morgan fingerprint density at radius 2 is 1.85 bits per heavy atom. The van der Waals surface area contributed by atoms with Crippen molar-refractivity contribution in [3.63, 3.8) is 0 Å². The number of rotatable bonds is 7. The lowest BCUT2D eigenvalue weighted by Gasteiger charge is -2.33. The van der Waals surface area contributed by atoms with Crippen molar-refractivity contribution in [2.75, 3.05) is 50.6 Å². The van der Waals surface area contributed by atoms with E-state index in [9.17, 15) is 4.79 Å². The molecule has 8 nitrogen and oxygen atoms in total. The van der Waals surface area contributed by atoms with Gasteiger partial charge in [-0.3, -0.25) is 4.79 Å². The molecule has 26 heavy (non-hydrogen) atoms. The number of benzene rings is 1. The second kappa shape index (κ2) is 8.37. The first-order valence-electron chi connectivity index (χ1n) is 8.44. The van der Waals surface area contributed by atoms with Crippen LogP contribution in [0.2, 0.25) is 0 Å². The molecule has 0 radical (unpaired) electrons. The molecule has 1 amide bonds. The summed E-state index contributed by atoms with van der Waals surface area (Å²) in [6, 6.07) is 7.73. The average Bonchev–Trinajstić information content (AvgIpc) is 2.72. The van der Waals surface area contributed by atoms with Crippen molar-refractivity contribution >= 4 is 18.0 Å². The molecule has 0 bridgehead atoms. The Morgan fingerprint density at radius 1 is 1.08 bits per heavy atom. The molecule has 138 valence electrons. The van der Waals surface area contributed by atoms with Crippen molar-refractivity contribution in [3.8, 4) is 11.5 Å². The van der Waals surface area contributed by atoms with Gasteiger partial charge in [0.2, 0.25) is 6.41 Å². The van der Waals surface area contributed by atoms with Crippen LogP contribution in [0.4, 0.5) is 11.6 Å². The Labute approximate surface area is 152 Å². The SMILES string of the molecule is COc1ccc(CNc2cc(N3CCN(C=O)CC3)ncn2)cc1OC. The first-order chi connectivity index (χ1) is 12.7. The minimum absolute atomic E-state index is 0.607. The van der Waals surface area contributed by atoms with Gasteiger partial charge in [-0.25, -0.2) is 9.97 Å². The van der Waals surface area contributed by atoms with Gasteiger partial charge in [0.05, 0.1) is 14.2 Å². The van der Waals surface area contributed by atoms with Crippen LogP contribution in [0.25, 0.3) is 0 Å². The molecule has 0 atom stereocenters. The summed E-state index contributed by atoms with van der Waals surface area (Å²) in [5.41, 5.74) is 1.06. The van der Waals surface area contributed by atoms with Crippen molar-refractivity contribution in [1.29, 1.82) is 0 Å². The maximum Gasteiger partial charge on any atom is 0.209 e. The van der Waals surface area contributed by atoms with Gasteiger partial charge >= 0.3 is 0 Å². The van der Waals surface area contributed by atoms with Crippen LogP contribution in [0.15, 0.2) is 30.6 Å². The number of nitrogens with one attached hydrogen (secondary N) is 1. The van der Waals surface area contributed by atoms with Gasteiger partial charge < -0.3 is 24.6 Å². The number of amides is 1.